The summed E-state index contributed by atoms with van der Waals surface area (Å²) in [4.78, 5) is 2.24. The number of hydrogen-bond acceptors (Lipinski definition) is 3. The lowest BCUT2D eigenvalue weighted by Gasteiger charge is -2.50. The summed E-state index contributed by atoms with van der Waals surface area (Å²) in [7, 11) is 2.04. The van der Waals surface area contributed by atoms with Gasteiger partial charge in [-0.1, -0.05) is 0 Å². The van der Waals surface area contributed by atoms with Crippen molar-refractivity contribution in [3.63, 3.8) is 0 Å². The molecule has 3 rings (SSSR count). The average Bonchev–Trinajstić information content (AvgIpc) is 2.30. The summed E-state index contributed by atoms with van der Waals surface area (Å²) in [6.07, 6.45) is 1.42. The van der Waals surface area contributed by atoms with Crippen molar-refractivity contribution in [2.45, 2.75) is 36.9 Å². The van der Waals surface area contributed by atoms with Gasteiger partial charge in [0.05, 0.1) is 18.8 Å². The fourth-order valence-electron chi connectivity index (χ4n) is 3.48. The van der Waals surface area contributed by atoms with Gasteiger partial charge in [-0.15, -0.1) is 0 Å². The zero-order chi connectivity index (χ0) is 14.3. The second kappa shape index (κ2) is 5.06. The lowest BCUT2D eigenvalue weighted by Crippen LogP contribution is -2.60. The van der Waals surface area contributed by atoms with Crippen LogP contribution >= 0.6 is 0 Å². The number of aliphatic hydroxyl groups is 1. The van der Waals surface area contributed by atoms with Gasteiger partial charge in [-0.2, -0.15) is 0 Å². The Balaban J connectivity index is 1.79. The van der Waals surface area contributed by atoms with Crippen LogP contribution in [0.25, 0.3) is 0 Å². The Hall–Kier alpha value is -1.04. The van der Waals surface area contributed by atoms with Crippen molar-refractivity contribution in [2.75, 3.05) is 20.3 Å². The maximum Gasteiger partial charge on any atom is 0.126 e. The van der Waals surface area contributed by atoms with Crippen LogP contribution in [0.4, 0.5) is 8.78 Å². The van der Waals surface area contributed by atoms with Gasteiger partial charge in [-0.05, 0) is 37.6 Å². The van der Waals surface area contributed by atoms with Crippen LogP contribution in [-0.4, -0.2) is 48.0 Å². The Morgan fingerprint density at radius 3 is 2.30 bits per heavy atom. The molecule has 1 aromatic carbocycles. The third kappa shape index (κ3) is 2.71. The van der Waals surface area contributed by atoms with Gasteiger partial charge in [0.1, 0.15) is 11.6 Å². The first-order chi connectivity index (χ1) is 9.45. The van der Waals surface area contributed by atoms with Gasteiger partial charge < -0.3 is 9.84 Å². The first-order valence-corrected chi connectivity index (χ1v) is 6.92. The average molecular weight is 283 g/mol. The molecule has 2 heterocycles. The molecule has 2 unspecified atom stereocenters. The van der Waals surface area contributed by atoms with E-state index in [1.165, 1.54) is 12.1 Å². The second-order valence-corrected chi connectivity index (χ2v) is 6.10. The number of hydrogen-bond donors (Lipinski definition) is 1. The maximum absolute atomic E-state index is 13.2. The molecule has 2 saturated heterocycles. The van der Waals surface area contributed by atoms with Gasteiger partial charge in [-0.25, -0.2) is 8.78 Å². The van der Waals surface area contributed by atoms with E-state index in [-0.39, 0.29) is 18.5 Å². The molecule has 20 heavy (non-hydrogen) atoms. The highest BCUT2D eigenvalue weighted by Gasteiger charge is 2.44. The minimum atomic E-state index is -0.911. The molecule has 0 aromatic heterocycles. The quantitative estimate of drug-likeness (QED) is 0.897. The van der Waals surface area contributed by atoms with Gasteiger partial charge in [0.25, 0.3) is 0 Å². The molecular formula is C15H19F2NO2. The third-order valence-corrected chi connectivity index (χ3v) is 4.46. The third-order valence-electron chi connectivity index (χ3n) is 4.46. The molecule has 0 aliphatic carbocycles. The summed E-state index contributed by atoms with van der Waals surface area (Å²) in [6, 6.07) is 3.79. The minimum absolute atomic E-state index is 0.172. The number of morpholine rings is 1. The second-order valence-electron chi connectivity index (χ2n) is 6.10. The Morgan fingerprint density at radius 2 is 1.75 bits per heavy atom. The molecule has 1 aromatic rings. The molecule has 1 N–H and O–H groups in total. The topological polar surface area (TPSA) is 32.7 Å². The summed E-state index contributed by atoms with van der Waals surface area (Å²) in [5.41, 5.74) is -0.403. The lowest BCUT2D eigenvalue weighted by molar-refractivity contribution is -0.133. The van der Waals surface area contributed by atoms with Crippen LogP contribution < -0.4 is 0 Å². The van der Waals surface area contributed by atoms with Crippen molar-refractivity contribution in [2.24, 2.45) is 0 Å². The number of ether oxygens (including phenoxy) is 1. The highest BCUT2D eigenvalue weighted by molar-refractivity contribution is 5.20. The van der Waals surface area contributed by atoms with Crippen LogP contribution in [0, 0.1) is 11.6 Å². The Labute approximate surface area is 117 Å². The van der Waals surface area contributed by atoms with Crippen molar-refractivity contribution in [1.29, 1.82) is 0 Å². The SMILES string of the molecule is CN1C2COCC1CC(O)(Cc1cc(F)cc(F)c1)C2. The van der Waals surface area contributed by atoms with Crippen LogP contribution in [0.15, 0.2) is 18.2 Å². The Morgan fingerprint density at radius 1 is 1.20 bits per heavy atom. The van der Waals surface area contributed by atoms with E-state index in [2.05, 4.69) is 4.90 Å². The molecule has 2 bridgehead atoms. The summed E-state index contributed by atoms with van der Waals surface area (Å²) in [5.74, 6) is -1.19. The van der Waals surface area contributed by atoms with E-state index in [4.69, 9.17) is 4.74 Å². The molecule has 2 aliphatic heterocycles. The normalized spacial score (nSPS) is 34.2. The molecule has 2 aliphatic rings. The van der Waals surface area contributed by atoms with E-state index >= 15 is 0 Å². The van der Waals surface area contributed by atoms with Crippen molar-refractivity contribution in [3.8, 4) is 0 Å². The zero-order valence-corrected chi connectivity index (χ0v) is 11.5. The summed E-state index contributed by atoms with van der Waals surface area (Å²) >= 11 is 0. The maximum atomic E-state index is 13.2. The molecule has 110 valence electrons. The number of piperidine rings is 1. The highest BCUT2D eigenvalue weighted by Crippen LogP contribution is 2.35. The van der Waals surface area contributed by atoms with Crippen molar-refractivity contribution in [1.82, 2.24) is 4.90 Å². The van der Waals surface area contributed by atoms with Gasteiger partial charge in [0.15, 0.2) is 0 Å². The fourth-order valence-corrected chi connectivity index (χ4v) is 3.48. The smallest absolute Gasteiger partial charge is 0.126 e. The van der Waals surface area contributed by atoms with Crippen LogP contribution in [-0.2, 0) is 11.2 Å². The van der Waals surface area contributed by atoms with Gasteiger partial charge >= 0.3 is 0 Å². The number of benzene rings is 1. The summed E-state index contributed by atoms with van der Waals surface area (Å²) in [5, 5.41) is 10.8. The number of likely N-dealkylation sites (N-methyl/N-ethyl adjacent to an activating group) is 1. The summed E-state index contributed by atoms with van der Waals surface area (Å²) in [6.45, 7) is 1.21. The number of nitrogens with zero attached hydrogens (tertiary/aromatic N) is 1. The minimum Gasteiger partial charge on any atom is -0.389 e. The number of rotatable bonds is 2. The molecule has 5 heteroatoms. The van der Waals surface area contributed by atoms with Gasteiger partial charge in [-0.3, -0.25) is 4.90 Å². The van der Waals surface area contributed by atoms with Crippen LogP contribution in [0.3, 0.4) is 0 Å². The fraction of sp³-hybridized carbons (Fsp3) is 0.600. The number of fused-ring (bicyclic) bond motifs is 2. The monoisotopic (exact) mass is 283 g/mol. The van der Waals surface area contributed by atoms with E-state index in [9.17, 15) is 13.9 Å². The zero-order valence-electron chi connectivity index (χ0n) is 11.5. The summed E-state index contributed by atoms with van der Waals surface area (Å²) < 4.78 is 32.0. The molecular weight excluding hydrogens is 264 g/mol. The van der Waals surface area contributed by atoms with Crippen molar-refractivity contribution < 1.29 is 18.6 Å². The Kier molecular flexibility index (Phi) is 3.52. The van der Waals surface area contributed by atoms with Crippen LogP contribution in [0.1, 0.15) is 18.4 Å². The molecule has 0 amide bonds. The van der Waals surface area contributed by atoms with Gasteiger partial charge in [0, 0.05) is 24.6 Å². The van der Waals surface area contributed by atoms with E-state index in [0.717, 1.165) is 6.07 Å². The first kappa shape index (κ1) is 13.9. The predicted octanol–water partition coefficient (Wildman–Crippen LogP) is 1.73. The molecule has 3 nitrogen and oxygen atoms in total. The van der Waals surface area contributed by atoms with E-state index < -0.39 is 17.2 Å². The molecule has 2 atom stereocenters. The largest absolute Gasteiger partial charge is 0.389 e. The van der Waals surface area contributed by atoms with Crippen LogP contribution in [0.2, 0.25) is 0 Å². The van der Waals surface area contributed by atoms with Crippen LogP contribution in [0.5, 0.6) is 0 Å². The van der Waals surface area contributed by atoms with E-state index in [1.807, 2.05) is 7.05 Å². The van der Waals surface area contributed by atoms with Gasteiger partial charge in [0.2, 0.25) is 0 Å². The van der Waals surface area contributed by atoms with E-state index in [1.54, 1.807) is 0 Å². The first-order valence-electron chi connectivity index (χ1n) is 6.92. The van der Waals surface area contributed by atoms with E-state index in [0.29, 0.717) is 31.6 Å². The number of halogens is 2. The molecule has 0 spiro atoms. The van der Waals surface area contributed by atoms with Crippen molar-refractivity contribution in [3.05, 3.63) is 35.4 Å². The van der Waals surface area contributed by atoms with Crippen molar-refractivity contribution >= 4 is 0 Å². The standard InChI is InChI=1S/C15H19F2NO2/c1-18-13-6-15(19,7-14(18)9-20-8-13)5-10-2-11(16)4-12(17)3-10/h2-4,13-14,19H,5-9H2,1H3. The lowest BCUT2D eigenvalue weighted by atomic mass is 9.78. The molecule has 2 fully saturated rings. The molecule has 0 radical (unpaired) electrons. The highest BCUT2D eigenvalue weighted by atomic mass is 19.1. The predicted molar refractivity (Wildman–Crippen MR) is 70.4 cm³/mol. The molecule has 0 saturated carbocycles. The Bertz CT molecular complexity index is 474.